The number of likely N-dealkylation sites (tertiary alicyclic amines) is 1. The van der Waals surface area contributed by atoms with Crippen LogP contribution in [0, 0.1) is 13.8 Å². The van der Waals surface area contributed by atoms with E-state index in [2.05, 4.69) is 10.4 Å². The largest absolute Gasteiger partial charge is 0.459 e. The fraction of sp³-hybridized carbons (Fsp3) is 0.348. The van der Waals surface area contributed by atoms with E-state index < -0.39 is 0 Å². The Bertz CT molecular complexity index is 1080. The van der Waals surface area contributed by atoms with E-state index in [9.17, 15) is 9.59 Å². The van der Waals surface area contributed by atoms with Crippen molar-refractivity contribution in [2.24, 2.45) is 0 Å². The maximum atomic E-state index is 13.0. The summed E-state index contributed by atoms with van der Waals surface area (Å²) in [4.78, 5) is 27.2. The average Bonchev–Trinajstić information content (AvgIpc) is 3.38. The van der Waals surface area contributed by atoms with Gasteiger partial charge in [-0.15, -0.1) is 0 Å². The van der Waals surface area contributed by atoms with Crippen LogP contribution in [-0.2, 0) is 6.54 Å². The summed E-state index contributed by atoms with van der Waals surface area (Å²) < 4.78 is 7.01. The van der Waals surface area contributed by atoms with Gasteiger partial charge in [0.05, 0.1) is 24.1 Å². The minimum atomic E-state index is -0.129. The number of aromatic nitrogens is 2. The highest BCUT2D eigenvalue weighted by Gasteiger charge is 2.27. The molecule has 7 nitrogen and oxygen atoms in total. The van der Waals surface area contributed by atoms with Gasteiger partial charge in [0.1, 0.15) is 0 Å². The molecule has 1 aliphatic rings. The van der Waals surface area contributed by atoms with E-state index in [0.717, 1.165) is 11.3 Å². The molecule has 4 rings (SSSR count). The Morgan fingerprint density at radius 3 is 2.58 bits per heavy atom. The van der Waals surface area contributed by atoms with Gasteiger partial charge < -0.3 is 14.6 Å². The first-order chi connectivity index (χ1) is 14.9. The van der Waals surface area contributed by atoms with Crippen molar-refractivity contribution >= 4 is 23.4 Å². The van der Waals surface area contributed by atoms with E-state index in [0.29, 0.717) is 54.5 Å². The standard InChI is InChI=1S/C23H25ClN4O3/c1-15-21(16(2)28(26-15)14-17-6-3-4-7-19(17)24)22(29)25-18-9-11-27(12-10-18)23(30)20-8-5-13-31-20/h3-8,13,18H,9-12,14H2,1-2H3,(H,25,29). The number of carbonyl (C=O) groups excluding carboxylic acids is 2. The van der Waals surface area contributed by atoms with Crippen LogP contribution in [0.5, 0.6) is 0 Å². The monoisotopic (exact) mass is 440 g/mol. The smallest absolute Gasteiger partial charge is 0.289 e. The first-order valence-corrected chi connectivity index (χ1v) is 10.7. The van der Waals surface area contributed by atoms with Gasteiger partial charge in [0, 0.05) is 29.8 Å². The number of aryl methyl sites for hydroxylation is 1. The molecule has 3 aromatic rings. The normalized spacial score (nSPS) is 14.6. The van der Waals surface area contributed by atoms with Crippen LogP contribution in [-0.4, -0.2) is 45.6 Å². The molecule has 0 spiro atoms. The number of nitrogens with one attached hydrogen (secondary N) is 1. The van der Waals surface area contributed by atoms with Crippen LogP contribution < -0.4 is 5.32 Å². The summed E-state index contributed by atoms with van der Waals surface area (Å²) in [6, 6.07) is 11.0. The molecule has 1 aliphatic heterocycles. The molecule has 1 fully saturated rings. The highest BCUT2D eigenvalue weighted by Crippen LogP contribution is 2.20. The van der Waals surface area contributed by atoms with Gasteiger partial charge >= 0.3 is 0 Å². The van der Waals surface area contributed by atoms with E-state index in [1.165, 1.54) is 6.26 Å². The Morgan fingerprint density at radius 1 is 1.16 bits per heavy atom. The number of halogens is 1. The van der Waals surface area contributed by atoms with Gasteiger partial charge in [-0.1, -0.05) is 29.8 Å². The summed E-state index contributed by atoms with van der Waals surface area (Å²) in [7, 11) is 0. The SMILES string of the molecule is Cc1nn(Cc2ccccc2Cl)c(C)c1C(=O)NC1CCN(C(=O)c2ccco2)CC1. The van der Waals surface area contributed by atoms with Crippen LogP contribution in [0.4, 0.5) is 0 Å². The van der Waals surface area contributed by atoms with Crippen LogP contribution >= 0.6 is 11.6 Å². The maximum Gasteiger partial charge on any atom is 0.289 e. The van der Waals surface area contributed by atoms with Gasteiger partial charge in [-0.2, -0.15) is 5.10 Å². The number of carbonyl (C=O) groups is 2. The molecule has 0 radical (unpaired) electrons. The highest BCUT2D eigenvalue weighted by molar-refractivity contribution is 6.31. The first-order valence-electron chi connectivity index (χ1n) is 10.3. The van der Waals surface area contributed by atoms with E-state index >= 15 is 0 Å². The molecule has 3 heterocycles. The molecule has 1 saturated heterocycles. The molecule has 1 aromatic carbocycles. The summed E-state index contributed by atoms with van der Waals surface area (Å²) in [5, 5.41) is 8.36. The molecule has 31 heavy (non-hydrogen) atoms. The fourth-order valence-corrected chi connectivity index (χ4v) is 4.20. The summed E-state index contributed by atoms with van der Waals surface area (Å²) in [6.07, 6.45) is 2.89. The third-order valence-corrected chi connectivity index (χ3v) is 6.10. The summed E-state index contributed by atoms with van der Waals surface area (Å²) >= 11 is 6.28. The molecule has 0 bridgehead atoms. The quantitative estimate of drug-likeness (QED) is 0.653. The Labute approximate surface area is 186 Å². The number of rotatable bonds is 5. The average molecular weight is 441 g/mol. The van der Waals surface area contributed by atoms with E-state index in [-0.39, 0.29) is 17.9 Å². The number of hydrogen-bond donors (Lipinski definition) is 1. The fourth-order valence-electron chi connectivity index (χ4n) is 4.01. The van der Waals surface area contributed by atoms with Gasteiger partial charge in [0.2, 0.25) is 0 Å². The molecule has 162 valence electrons. The van der Waals surface area contributed by atoms with Crippen LogP contribution in [0.3, 0.4) is 0 Å². The van der Waals surface area contributed by atoms with Gasteiger partial charge in [-0.05, 0) is 50.5 Å². The van der Waals surface area contributed by atoms with Crippen LogP contribution in [0.25, 0.3) is 0 Å². The van der Waals surface area contributed by atoms with Gasteiger partial charge in [0.15, 0.2) is 5.76 Å². The summed E-state index contributed by atoms with van der Waals surface area (Å²) in [5.74, 6) is 0.109. The van der Waals surface area contributed by atoms with Gasteiger partial charge in [0.25, 0.3) is 11.8 Å². The second kappa shape index (κ2) is 8.98. The predicted molar refractivity (Wildman–Crippen MR) is 117 cm³/mol. The lowest BCUT2D eigenvalue weighted by Crippen LogP contribution is -2.46. The van der Waals surface area contributed by atoms with E-state index in [4.69, 9.17) is 16.0 Å². The van der Waals surface area contributed by atoms with Crippen molar-refractivity contribution in [3.63, 3.8) is 0 Å². The zero-order valence-corrected chi connectivity index (χ0v) is 18.4. The van der Waals surface area contributed by atoms with Crippen LogP contribution in [0.15, 0.2) is 47.1 Å². The maximum absolute atomic E-state index is 13.0. The molecule has 1 N–H and O–H groups in total. The third-order valence-electron chi connectivity index (χ3n) is 5.74. The molecular formula is C23H25ClN4O3. The van der Waals surface area contributed by atoms with E-state index in [1.807, 2.05) is 42.8 Å². The van der Waals surface area contributed by atoms with E-state index in [1.54, 1.807) is 17.0 Å². The lowest BCUT2D eigenvalue weighted by Gasteiger charge is -2.31. The second-order valence-electron chi connectivity index (χ2n) is 7.81. The Morgan fingerprint density at radius 2 is 1.90 bits per heavy atom. The van der Waals surface area contributed by atoms with Crippen molar-refractivity contribution in [3.05, 3.63) is 76.0 Å². The molecule has 0 atom stereocenters. The molecular weight excluding hydrogens is 416 g/mol. The van der Waals surface area contributed by atoms with Gasteiger partial charge in [-0.25, -0.2) is 0 Å². The molecule has 0 unspecified atom stereocenters. The zero-order chi connectivity index (χ0) is 22.0. The predicted octanol–water partition coefficient (Wildman–Crippen LogP) is 3.83. The number of nitrogens with zero attached hydrogens (tertiary/aromatic N) is 3. The lowest BCUT2D eigenvalue weighted by molar-refractivity contribution is 0.0667. The number of hydrogen-bond acceptors (Lipinski definition) is 4. The molecule has 2 aromatic heterocycles. The van der Waals surface area contributed by atoms with Crippen LogP contribution in [0.1, 0.15) is 50.7 Å². The lowest BCUT2D eigenvalue weighted by atomic mass is 10.0. The minimum Gasteiger partial charge on any atom is -0.459 e. The molecule has 8 heteroatoms. The number of amides is 2. The summed E-state index contributed by atoms with van der Waals surface area (Å²) in [5.41, 5.74) is 3.05. The van der Waals surface area contributed by atoms with Gasteiger partial charge in [-0.3, -0.25) is 14.3 Å². The molecule has 0 aliphatic carbocycles. The second-order valence-corrected chi connectivity index (χ2v) is 8.22. The van der Waals surface area contributed by atoms with Crippen molar-refractivity contribution in [3.8, 4) is 0 Å². The Hall–Kier alpha value is -3.06. The van der Waals surface area contributed by atoms with Crippen molar-refractivity contribution < 1.29 is 14.0 Å². The number of furan rings is 1. The topological polar surface area (TPSA) is 80.4 Å². The van der Waals surface area contributed by atoms with Crippen molar-refractivity contribution in [2.75, 3.05) is 13.1 Å². The minimum absolute atomic E-state index is 0.0128. The third kappa shape index (κ3) is 4.51. The molecule has 0 saturated carbocycles. The van der Waals surface area contributed by atoms with Crippen LogP contribution in [0.2, 0.25) is 5.02 Å². The first kappa shape index (κ1) is 21.2. The van der Waals surface area contributed by atoms with Crippen molar-refractivity contribution in [1.82, 2.24) is 20.0 Å². The van der Waals surface area contributed by atoms with Crippen molar-refractivity contribution in [2.45, 2.75) is 39.3 Å². The number of benzene rings is 1. The highest BCUT2D eigenvalue weighted by atomic mass is 35.5. The zero-order valence-electron chi connectivity index (χ0n) is 17.6. The molecule has 2 amide bonds. The Balaban J connectivity index is 1.39. The Kier molecular flexibility index (Phi) is 6.13. The number of piperidine rings is 1. The summed E-state index contributed by atoms with van der Waals surface area (Å²) in [6.45, 7) is 5.40. The van der Waals surface area contributed by atoms with Crippen molar-refractivity contribution in [1.29, 1.82) is 0 Å².